The van der Waals surface area contributed by atoms with Crippen LogP contribution in [0, 0.1) is 11.3 Å². The maximum Gasteiger partial charge on any atom is 0.483 e. The number of halogens is 3. The lowest BCUT2D eigenvalue weighted by molar-refractivity contribution is -0.0404. The molecule has 2 aliphatic carbocycles. The Labute approximate surface area is 206 Å². The normalized spacial score (nSPS) is 19.0. The van der Waals surface area contributed by atoms with E-state index < -0.39 is 41.4 Å². The van der Waals surface area contributed by atoms with Crippen molar-refractivity contribution in [1.29, 1.82) is 5.26 Å². The summed E-state index contributed by atoms with van der Waals surface area (Å²) < 4.78 is 85.6. The lowest BCUT2D eigenvalue weighted by Crippen LogP contribution is -2.23. The molecule has 2 saturated carbocycles. The Morgan fingerprint density at radius 2 is 1.92 bits per heavy atom. The monoisotopic (exact) mass is 537 g/mol. The number of hydrogen-bond acceptors (Lipinski definition) is 7. The second-order valence-corrected chi connectivity index (χ2v) is 13.6. The first-order valence-corrected chi connectivity index (χ1v) is 14.5. The Morgan fingerprint density at radius 3 is 2.47 bits per heavy atom. The number of benzene rings is 1. The molecule has 36 heavy (non-hydrogen) atoms. The molecule has 0 amide bonds. The molecule has 13 heteroatoms. The number of alkyl halides is 3. The van der Waals surface area contributed by atoms with Gasteiger partial charge in [-0.1, -0.05) is 6.92 Å². The van der Waals surface area contributed by atoms with Crippen molar-refractivity contribution in [1.82, 2.24) is 14.5 Å². The van der Waals surface area contributed by atoms with Gasteiger partial charge in [0.15, 0.2) is 25.4 Å². The minimum atomic E-state index is -5.06. The summed E-state index contributed by atoms with van der Waals surface area (Å²) in [6.45, 7) is 1.49. The van der Waals surface area contributed by atoms with Crippen LogP contribution in [0.3, 0.4) is 0 Å². The van der Waals surface area contributed by atoms with Crippen molar-refractivity contribution in [3.63, 3.8) is 0 Å². The Kier molecular flexibility index (Phi) is 5.50. The fourth-order valence-electron chi connectivity index (χ4n) is 4.06. The highest BCUT2D eigenvalue weighted by Crippen LogP contribution is 2.48. The maximum absolute atomic E-state index is 13.8. The highest BCUT2D eigenvalue weighted by atomic mass is 32.2. The third-order valence-electron chi connectivity index (χ3n) is 6.63. The van der Waals surface area contributed by atoms with Crippen LogP contribution in [-0.2, 0) is 32.0 Å². The second kappa shape index (κ2) is 8.01. The molecule has 5 rings (SSSR count). The maximum atomic E-state index is 13.8. The molecule has 0 bridgehead atoms. The molecular weight excluding hydrogens is 515 g/mol. The Morgan fingerprint density at radius 1 is 1.22 bits per heavy atom. The SMILES string of the molecule is CCS(=O)(=O)c1cc(C2(C#N)CC2)cnc1-c1nc2cc(S(=O)(=NC3CC3)C(F)(F)F)ccc2n1C. The predicted molar refractivity (Wildman–Crippen MR) is 126 cm³/mol. The highest BCUT2D eigenvalue weighted by Gasteiger charge is 2.47. The van der Waals surface area contributed by atoms with E-state index in [1.165, 1.54) is 29.8 Å². The summed E-state index contributed by atoms with van der Waals surface area (Å²) >= 11 is 0. The van der Waals surface area contributed by atoms with Crippen LogP contribution in [0.4, 0.5) is 13.2 Å². The molecule has 8 nitrogen and oxygen atoms in total. The number of aryl methyl sites for hydroxylation is 1. The molecule has 3 aromatic rings. The number of imidazole rings is 1. The molecule has 0 aliphatic heterocycles. The van der Waals surface area contributed by atoms with Gasteiger partial charge in [-0.3, -0.25) is 4.98 Å². The van der Waals surface area contributed by atoms with Gasteiger partial charge in [0.05, 0.1) is 44.1 Å². The van der Waals surface area contributed by atoms with Crippen LogP contribution in [0.1, 0.15) is 38.2 Å². The van der Waals surface area contributed by atoms with E-state index in [4.69, 9.17) is 0 Å². The number of rotatable bonds is 6. The van der Waals surface area contributed by atoms with Gasteiger partial charge < -0.3 is 4.57 Å². The minimum Gasteiger partial charge on any atom is -0.326 e. The first-order valence-electron chi connectivity index (χ1n) is 11.3. The van der Waals surface area contributed by atoms with Gasteiger partial charge in [0.2, 0.25) is 0 Å². The molecule has 190 valence electrons. The molecule has 1 aromatic carbocycles. The molecule has 2 aromatic heterocycles. The van der Waals surface area contributed by atoms with Crippen molar-refractivity contribution in [3.05, 3.63) is 36.0 Å². The lowest BCUT2D eigenvalue weighted by Gasteiger charge is -2.14. The largest absolute Gasteiger partial charge is 0.483 e. The van der Waals surface area contributed by atoms with Gasteiger partial charge in [0.25, 0.3) is 0 Å². The van der Waals surface area contributed by atoms with E-state index in [-0.39, 0.29) is 27.7 Å². The van der Waals surface area contributed by atoms with Crippen molar-refractivity contribution >= 4 is 30.6 Å². The fourth-order valence-corrected chi connectivity index (χ4v) is 6.78. The number of sulfone groups is 1. The molecule has 2 aliphatic rings. The van der Waals surface area contributed by atoms with E-state index in [0.717, 1.165) is 12.1 Å². The highest BCUT2D eigenvalue weighted by molar-refractivity contribution is 7.94. The fraction of sp³-hybridized carbons (Fsp3) is 0.435. The zero-order chi connectivity index (χ0) is 26.1. The third kappa shape index (κ3) is 3.87. The van der Waals surface area contributed by atoms with Crippen LogP contribution in [0.2, 0.25) is 0 Å². The van der Waals surface area contributed by atoms with Crippen LogP contribution in [0.5, 0.6) is 0 Å². The van der Waals surface area contributed by atoms with Crippen LogP contribution in [0.15, 0.2) is 44.6 Å². The van der Waals surface area contributed by atoms with Gasteiger partial charge in [-0.2, -0.15) is 18.4 Å². The minimum absolute atomic E-state index is 0.0359. The van der Waals surface area contributed by atoms with Crippen molar-refractivity contribution < 1.29 is 25.8 Å². The number of nitriles is 1. The summed E-state index contributed by atoms with van der Waals surface area (Å²) in [5.41, 5.74) is -4.75. The summed E-state index contributed by atoms with van der Waals surface area (Å²) in [7, 11) is -6.89. The lowest BCUT2D eigenvalue weighted by atomic mass is 9.99. The predicted octanol–water partition coefficient (Wildman–Crippen LogP) is 4.49. The number of aromatic nitrogens is 3. The van der Waals surface area contributed by atoms with Crippen LogP contribution >= 0.6 is 0 Å². The summed E-state index contributed by atoms with van der Waals surface area (Å²) in [6.07, 6.45) is 3.60. The molecule has 1 unspecified atom stereocenters. The average Bonchev–Trinajstić information content (AvgIpc) is 3.77. The van der Waals surface area contributed by atoms with E-state index in [1.807, 2.05) is 0 Å². The smallest absolute Gasteiger partial charge is 0.326 e. The number of pyridine rings is 1. The second-order valence-electron chi connectivity index (χ2n) is 9.12. The molecule has 2 fully saturated rings. The number of fused-ring (bicyclic) bond motifs is 1. The molecule has 0 saturated heterocycles. The van der Waals surface area contributed by atoms with Crippen LogP contribution in [0.25, 0.3) is 22.6 Å². The van der Waals surface area contributed by atoms with Gasteiger partial charge in [-0.25, -0.2) is 22.0 Å². The van der Waals surface area contributed by atoms with Crippen molar-refractivity contribution in [2.75, 3.05) is 5.75 Å². The Hall–Kier alpha value is -2.98. The quantitative estimate of drug-likeness (QED) is 0.457. The number of nitrogens with zero attached hydrogens (tertiary/aromatic N) is 5. The first-order chi connectivity index (χ1) is 16.8. The average molecular weight is 538 g/mol. The topological polar surface area (TPSA) is 118 Å². The molecule has 2 heterocycles. The van der Waals surface area contributed by atoms with E-state index in [0.29, 0.717) is 36.8 Å². The van der Waals surface area contributed by atoms with E-state index >= 15 is 0 Å². The Balaban J connectivity index is 1.70. The van der Waals surface area contributed by atoms with E-state index in [9.17, 15) is 31.1 Å². The molecule has 0 spiro atoms. The molecule has 0 radical (unpaired) electrons. The van der Waals surface area contributed by atoms with Crippen molar-refractivity contribution in [2.45, 2.75) is 59.4 Å². The standard InChI is InChI=1S/C23H22F3N5O3S2/c1-3-35(32,33)19-10-14(22(13-27)8-9-22)12-28-20(19)21-29-17-11-16(6-7-18(17)31(21)2)36(34,23(24,25)26)30-15-4-5-15/h6-7,10-12,15H,3-5,8-9H2,1-2H3. The van der Waals surface area contributed by atoms with Gasteiger partial charge in [-0.05, 0) is 55.5 Å². The Bertz CT molecular complexity index is 1670. The van der Waals surface area contributed by atoms with E-state index in [1.54, 1.807) is 7.05 Å². The van der Waals surface area contributed by atoms with Crippen LogP contribution < -0.4 is 0 Å². The van der Waals surface area contributed by atoms with Gasteiger partial charge >= 0.3 is 5.51 Å². The van der Waals surface area contributed by atoms with Gasteiger partial charge in [0, 0.05) is 13.2 Å². The molecule has 1 atom stereocenters. The summed E-state index contributed by atoms with van der Waals surface area (Å²) in [5, 5.41) is 9.54. The summed E-state index contributed by atoms with van der Waals surface area (Å²) in [6, 6.07) is 6.68. The summed E-state index contributed by atoms with van der Waals surface area (Å²) in [5.74, 6) is -0.0880. The zero-order valence-electron chi connectivity index (χ0n) is 19.4. The van der Waals surface area contributed by atoms with Crippen molar-refractivity contribution in [3.8, 4) is 17.6 Å². The van der Waals surface area contributed by atoms with Gasteiger partial charge in [-0.15, -0.1) is 0 Å². The number of hydrogen-bond donors (Lipinski definition) is 0. The van der Waals surface area contributed by atoms with E-state index in [2.05, 4.69) is 20.4 Å². The summed E-state index contributed by atoms with van der Waals surface area (Å²) in [4.78, 5) is 8.18. The molecular formula is C23H22F3N5O3S2. The molecule has 0 N–H and O–H groups in total. The first kappa shape index (κ1) is 24.7. The van der Waals surface area contributed by atoms with Gasteiger partial charge in [0.1, 0.15) is 5.69 Å². The van der Waals surface area contributed by atoms with Crippen molar-refractivity contribution in [2.24, 2.45) is 11.4 Å². The third-order valence-corrected chi connectivity index (χ3v) is 10.5. The zero-order valence-corrected chi connectivity index (χ0v) is 21.0. The van der Waals surface area contributed by atoms with Crippen LogP contribution in [-0.4, -0.2) is 44.5 Å².